The smallest absolute Gasteiger partial charge is 0.320 e. The molecule has 0 bridgehead atoms. The summed E-state index contributed by atoms with van der Waals surface area (Å²) in [6, 6.07) is 16.9. The quantitative estimate of drug-likeness (QED) is 0.249. The number of fused-ring (bicyclic) bond motifs is 1. The second-order valence-electron chi connectivity index (χ2n) is 10.3. The van der Waals surface area contributed by atoms with Crippen molar-refractivity contribution in [3.63, 3.8) is 0 Å². The monoisotopic (exact) mass is 540 g/mol. The summed E-state index contributed by atoms with van der Waals surface area (Å²) in [4.78, 5) is 25.5. The molecule has 2 aromatic heterocycles. The van der Waals surface area contributed by atoms with Crippen molar-refractivity contribution >= 4 is 28.2 Å². The molecule has 0 atom stereocenters. The molecule has 0 radical (unpaired) electrons. The summed E-state index contributed by atoms with van der Waals surface area (Å²) in [6.07, 6.45) is 5.83. The van der Waals surface area contributed by atoms with Crippen LogP contribution in [0.5, 0.6) is 11.9 Å². The number of likely N-dealkylation sites (N-methyl/N-ethyl adjacent to an activating group) is 2. The van der Waals surface area contributed by atoms with E-state index in [1.54, 1.807) is 7.11 Å². The third-order valence-corrected chi connectivity index (χ3v) is 7.01. The summed E-state index contributed by atoms with van der Waals surface area (Å²) in [6.45, 7) is 5.53. The zero-order chi connectivity index (χ0) is 28.2. The minimum atomic E-state index is -0.268. The molecule has 2 heterocycles. The van der Waals surface area contributed by atoms with Crippen molar-refractivity contribution < 1.29 is 14.3 Å². The van der Waals surface area contributed by atoms with Gasteiger partial charge in [-0.1, -0.05) is 30.8 Å². The Hall–Kier alpha value is -4.37. The van der Waals surface area contributed by atoms with Crippen LogP contribution in [0.1, 0.15) is 24.4 Å². The molecule has 4 aromatic rings. The Morgan fingerprint density at radius 2 is 1.93 bits per heavy atom. The van der Waals surface area contributed by atoms with Gasteiger partial charge in [0, 0.05) is 54.9 Å². The molecule has 208 valence electrons. The van der Waals surface area contributed by atoms with Crippen molar-refractivity contribution in [3.8, 4) is 23.1 Å². The number of nitrogens with zero attached hydrogens (tertiary/aromatic N) is 5. The lowest BCUT2D eigenvalue weighted by atomic mass is 10.1. The number of para-hydroxylation sites is 1. The van der Waals surface area contributed by atoms with Gasteiger partial charge in [-0.05, 0) is 56.8 Å². The summed E-state index contributed by atoms with van der Waals surface area (Å²) >= 11 is 0. The van der Waals surface area contributed by atoms with E-state index in [1.807, 2.05) is 51.5 Å². The van der Waals surface area contributed by atoms with Crippen molar-refractivity contribution in [3.05, 3.63) is 72.9 Å². The normalized spacial score (nSPS) is 12.9. The molecule has 0 aliphatic heterocycles. The molecule has 1 aliphatic carbocycles. The molecule has 2 aromatic carbocycles. The van der Waals surface area contributed by atoms with E-state index in [2.05, 4.69) is 60.6 Å². The Morgan fingerprint density at radius 1 is 1.12 bits per heavy atom. The molecule has 1 aliphatic rings. The molecule has 1 fully saturated rings. The van der Waals surface area contributed by atoms with Gasteiger partial charge < -0.3 is 29.2 Å². The third kappa shape index (κ3) is 6.10. The van der Waals surface area contributed by atoms with E-state index in [0.29, 0.717) is 17.6 Å². The van der Waals surface area contributed by atoms with Crippen LogP contribution < -0.4 is 19.7 Å². The second kappa shape index (κ2) is 11.8. The molecular formula is C31H36N6O3. The SMILES string of the molecule is C=CC(=O)Nc1cc(COc2cc(-c3cn(C4CC4)c4ccccc34)nc(OC)n2)ccc1N(C)CCN(C)C. The fraction of sp³-hybridized carbons (Fsp3) is 0.323. The van der Waals surface area contributed by atoms with Crippen molar-refractivity contribution in [1.29, 1.82) is 0 Å². The maximum absolute atomic E-state index is 12.2. The van der Waals surface area contributed by atoms with Crippen LogP contribution in [0.3, 0.4) is 0 Å². The second-order valence-corrected chi connectivity index (χ2v) is 10.3. The number of ether oxygens (including phenoxy) is 2. The van der Waals surface area contributed by atoms with E-state index in [4.69, 9.17) is 9.47 Å². The number of rotatable bonds is 12. The van der Waals surface area contributed by atoms with Gasteiger partial charge in [0.15, 0.2) is 0 Å². The lowest BCUT2D eigenvalue weighted by Gasteiger charge is -2.24. The first-order chi connectivity index (χ1) is 19.4. The molecule has 0 unspecified atom stereocenters. The number of carbonyl (C=O) groups is 1. The van der Waals surface area contributed by atoms with E-state index >= 15 is 0 Å². The minimum absolute atomic E-state index is 0.243. The predicted octanol–water partition coefficient (Wildman–Crippen LogP) is 5.14. The number of hydrogen-bond acceptors (Lipinski definition) is 7. The highest BCUT2D eigenvalue weighted by Crippen LogP contribution is 2.41. The maximum atomic E-state index is 12.2. The fourth-order valence-corrected chi connectivity index (χ4v) is 4.69. The van der Waals surface area contributed by atoms with Crippen LogP contribution in [0.2, 0.25) is 0 Å². The lowest BCUT2D eigenvalue weighted by Crippen LogP contribution is -2.29. The highest BCUT2D eigenvalue weighted by Gasteiger charge is 2.26. The first-order valence-corrected chi connectivity index (χ1v) is 13.4. The van der Waals surface area contributed by atoms with E-state index < -0.39 is 0 Å². The molecule has 1 saturated carbocycles. The molecule has 9 heteroatoms. The van der Waals surface area contributed by atoms with Crippen LogP contribution in [-0.4, -0.2) is 66.7 Å². The largest absolute Gasteiger partial charge is 0.473 e. The standard InChI is InChI=1S/C31H36N6O3/c1-6-29(38)32-26-17-21(11-14-28(26)36(4)16-15-35(2)3)20-40-30-18-25(33-31(34-30)39-5)24-19-37(22-12-13-22)27-10-8-7-9-23(24)27/h6-11,14,17-19,22H,1,12-13,15-16,20H2,2-5H3,(H,32,38). The number of nitrogens with one attached hydrogen (secondary N) is 1. The molecule has 1 amide bonds. The molecular weight excluding hydrogens is 504 g/mol. The molecule has 5 rings (SSSR count). The number of hydrogen-bond donors (Lipinski definition) is 1. The Bertz CT molecular complexity index is 1530. The number of carbonyl (C=O) groups excluding carboxylic acids is 1. The van der Waals surface area contributed by atoms with Gasteiger partial charge in [-0.3, -0.25) is 4.79 Å². The highest BCUT2D eigenvalue weighted by atomic mass is 16.5. The Balaban J connectivity index is 1.41. The average Bonchev–Trinajstić information content (AvgIpc) is 3.74. The number of amides is 1. The van der Waals surface area contributed by atoms with Crippen LogP contribution in [0.4, 0.5) is 11.4 Å². The van der Waals surface area contributed by atoms with Gasteiger partial charge in [-0.2, -0.15) is 9.97 Å². The van der Waals surface area contributed by atoms with E-state index in [9.17, 15) is 4.79 Å². The van der Waals surface area contributed by atoms with Gasteiger partial charge in [-0.15, -0.1) is 0 Å². The molecule has 0 saturated heterocycles. The van der Waals surface area contributed by atoms with Gasteiger partial charge in [0.05, 0.1) is 24.2 Å². The Labute approximate surface area is 235 Å². The van der Waals surface area contributed by atoms with Crippen LogP contribution in [0.25, 0.3) is 22.2 Å². The van der Waals surface area contributed by atoms with Crippen LogP contribution in [0.15, 0.2) is 67.4 Å². The van der Waals surface area contributed by atoms with E-state index in [0.717, 1.165) is 41.0 Å². The number of benzene rings is 2. The minimum Gasteiger partial charge on any atom is -0.473 e. The van der Waals surface area contributed by atoms with Crippen molar-refractivity contribution in [2.75, 3.05) is 51.6 Å². The van der Waals surface area contributed by atoms with Crippen LogP contribution in [0, 0.1) is 0 Å². The molecule has 1 N–H and O–H groups in total. The van der Waals surface area contributed by atoms with Gasteiger partial charge in [-0.25, -0.2) is 0 Å². The van der Waals surface area contributed by atoms with Gasteiger partial charge in [0.1, 0.15) is 6.61 Å². The number of aromatic nitrogens is 3. The molecule has 0 spiro atoms. The summed E-state index contributed by atoms with van der Waals surface area (Å²) in [7, 11) is 7.63. The number of methoxy groups -OCH3 is 1. The Kier molecular flexibility index (Phi) is 8.02. The summed E-state index contributed by atoms with van der Waals surface area (Å²) < 4.78 is 13.9. The van der Waals surface area contributed by atoms with Gasteiger partial charge >= 0.3 is 6.01 Å². The Morgan fingerprint density at radius 3 is 2.65 bits per heavy atom. The van der Waals surface area contributed by atoms with E-state index in [1.165, 1.54) is 24.4 Å². The fourth-order valence-electron chi connectivity index (χ4n) is 4.69. The number of anilines is 2. The summed E-state index contributed by atoms with van der Waals surface area (Å²) in [5.74, 6) is 0.143. The van der Waals surface area contributed by atoms with Gasteiger partial charge in [0.2, 0.25) is 11.8 Å². The predicted molar refractivity (Wildman–Crippen MR) is 159 cm³/mol. The first kappa shape index (κ1) is 27.2. The van der Waals surface area contributed by atoms with E-state index in [-0.39, 0.29) is 18.5 Å². The molecule has 40 heavy (non-hydrogen) atoms. The topological polar surface area (TPSA) is 84.7 Å². The van der Waals surface area contributed by atoms with Crippen LogP contribution in [-0.2, 0) is 11.4 Å². The average molecular weight is 541 g/mol. The first-order valence-electron chi connectivity index (χ1n) is 13.4. The summed E-state index contributed by atoms with van der Waals surface area (Å²) in [5.41, 5.74) is 5.46. The van der Waals surface area contributed by atoms with Crippen LogP contribution >= 0.6 is 0 Å². The van der Waals surface area contributed by atoms with Gasteiger partial charge in [0.25, 0.3) is 0 Å². The third-order valence-electron chi connectivity index (χ3n) is 7.01. The summed E-state index contributed by atoms with van der Waals surface area (Å²) in [5, 5.41) is 4.07. The van der Waals surface area contributed by atoms with Crippen molar-refractivity contribution in [1.82, 2.24) is 19.4 Å². The highest BCUT2D eigenvalue weighted by molar-refractivity contribution is 6.01. The maximum Gasteiger partial charge on any atom is 0.320 e. The lowest BCUT2D eigenvalue weighted by molar-refractivity contribution is -0.111. The van der Waals surface area contributed by atoms with Crippen molar-refractivity contribution in [2.24, 2.45) is 0 Å². The molecule has 9 nitrogen and oxygen atoms in total. The zero-order valence-corrected chi connectivity index (χ0v) is 23.6. The zero-order valence-electron chi connectivity index (χ0n) is 23.6. The van der Waals surface area contributed by atoms with Crippen molar-refractivity contribution in [2.45, 2.75) is 25.5 Å².